The lowest BCUT2D eigenvalue weighted by molar-refractivity contribution is -0.117. The highest BCUT2D eigenvalue weighted by molar-refractivity contribution is 6.42. The third-order valence-electron chi connectivity index (χ3n) is 2.86. The van der Waals surface area contributed by atoms with Gasteiger partial charge in [-0.25, -0.2) is 0 Å². The summed E-state index contributed by atoms with van der Waals surface area (Å²) in [6.07, 6.45) is 6.57. The first-order valence-electron chi connectivity index (χ1n) is 6.21. The summed E-state index contributed by atoms with van der Waals surface area (Å²) in [4.78, 5) is 11.8. The molecule has 0 saturated heterocycles. The molecule has 18 heavy (non-hydrogen) atoms. The summed E-state index contributed by atoms with van der Waals surface area (Å²) in [5.74, 6) is 0.249. The van der Waals surface area contributed by atoms with Crippen LogP contribution in [-0.2, 0) is 4.79 Å². The largest absolute Gasteiger partial charge is 0.295 e. The molecule has 0 bridgehead atoms. The topological polar surface area (TPSA) is 17.1 Å². The van der Waals surface area contributed by atoms with Gasteiger partial charge in [0.15, 0.2) is 5.78 Å². The first-order valence-corrected chi connectivity index (χ1v) is 6.97. The summed E-state index contributed by atoms with van der Waals surface area (Å²) in [5.41, 5.74) is 0.889. The molecule has 1 aromatic carbocycles. The Hall–Kier alpha value is -0.790. The lowest BCUT2D eigenvalue weighted by atomic mass is 9.99. The lowest BCUT2D eigenvalue weighted by Gasteiger charge is -2.05. The van der Waals surface area contributed by atoms with E-state index < -0.39 is 0 Å². The van der Waals surface area contributed by atoms with Crippen molar-refractivity contribution in [3.8, 4) is 0 Å². The number of rotatable bonds is 6. The van der Waals surface area contributed by atoms with Crippen LogP contribution in [0.2, 0.25) is 10.0 Å². The number of allylic oxidation sites excluding steroid dienone is 1. The number of ketones is 1. The van der Waals surface area contributed by atoms with Gasteiger partial charge in [-0.3, -0.25) is 4.79 Å². The van der Waals surface area contributed by atoms with Crippen molar-refractivity contribution in [2.75, 3.05) is 0 Å². The molecule has 0 heterocycles. The van der Waals surface area contributed by atoms with Gasteiger partial charge < -0.3 is 0 Å². The van der Waals surface area contributed by atoms with Crippen LogP contribution in [0.3, 0.4) is 0 Å². The van der Waals surface area contributed by atoms with Crippen molar-refractivity contribution in [3.63, 3.8) is 0 Å². The first-order chi connectivity index (χ1) is 8.54. The van der Waals surface area contributed by atoms with E-state index in [0.29, 0.717) is 10.0 Å². The Morgan fingerprint density at radius 2 is 2.06 bits per heavy atom. The van der Waals surface area contributed by atoms with Crippen molar-refractivity contribution in [2.45, 2.75) is 33.1 Å². The Morgan fingerprint density at radius 1 is 1.33 bits per heavy atom. The molecule has 0 aliphatic rings. The molecule has 0 aliphatic carbocycles. The molecule has 0 N–H and O–H groups in total. The van der Waals surface area contributed by atoms with E-state index in [9.17, 15) is 4.79 Å². The molecule has 1 rings (SSSR count). The average molecular weight is 285 g/mol. The van der Waals surface area contributed by atoms with Crippen LogP contribution in [-0.4, -0.2) is 5.78 Å². The van der Waals surface area contributed by atoms with Gasteiger partial charge in [-0.2, -0.15) is 0 Å². The van der Waals surface area contributed by atoms with Gasteiger partial charge in [-0.05, 0) is 30.2 Å². The quantitative estimate of drug-likeness (QED) is 0.639. The summed E-state index contributed by atoms with van der Waals surface area (Å²) < 4.78 is 0. The minimum Gasteiger partial charge on any atom is -0.295 e. The summed E-state index contributed by atoms with van der Waals surface area (Å²) in [6.45, 7) is 4.10. The smallest absolute Gasteiger partial charge is 0.158 e. The summed E-state index contributed by atoms with van der Waals surface area (Å²) in [7, 11) is 0. The SMILES string of the molecule is CCCCC(C)C(=O)/C=C/c1ccc(Cl)c(Cl)c1. The summed E-state index contributed by atoms with van der Waals surface area (Å²) in [6, 6.07) is 5.33. The van der Waals surface area contributed by atoms with Crippen LogP contribution >= 0.6 is 23.2 Å². The van der Waals surface area contributed by atoms with E-state index in [2.05, 4.69) is 6.92 Å². The Balaban J connectivity index is 2.62. The fraction of sp³-hybridized carbons (Fsp3) is 0.400. The van der Waals surface area contributed by atoms with E-state index in [-0.39, 0.29) is 11.7 Å². The van der Waals surface area contributed by atoms with Crippen molar-refractivity contribution in [2.24, 2.45) is 5.92 Å². The van der Waals surface area contributed by atoms with Crippen LogP contribution in [0, 0.1) is 5.92 Å². The number of carbonyl (C=O) groups is 1. The molecule has 1 unspecified atom stereocenters. The maximum atomic E-state index is 11.8. The van der Waals surface area contributed by atoms with Crippen LogP contribution in [0.25, 0.3) is 6.08 Å². The van der Waals surface area contributed by atoms with E-state index in [1.165, 1.54) is 0 Å². The minimum atomic E-state index is 0.0870. The highest BCUT2D eigenvalue weighted by Crippen LogP contribution is 2.23. The molecule has 0 aliphatic heterocycles. The maximum Gasteiger partial charge on any atom is 0.158 e. The number of carbonyl (C=O) groups excluding carboxylic acids is 1. The monoisotopic (exact) mass is 284 g/mol. The van der Waals surface area contributed by atoms with Gasteiger partial charge in [0.2, 0.25) is 0 Å². The van der Waals surface area contributed by atoms with Crippen molar-refractivity contribution in [1.29, 1.82) is 0 Å². The Bertz CT molecular complexity index is 438. The molecule has 0 radical (unpaired) electrons. The van der Waals surface area contributed by atoms with Gasteiger partial charge in [0, 0.05) is 5.92 Å². The number of halogens is 2. The predicted molar refractivity (Wildman–Crippen MR) is 79.2 cm³/mol. The van der Waals surface area contributed by atoms with Crippen LogP contribution in [0.5, 0.6) is 0 Å². The molecule has 0 amide bonds. The van der Waals surface area contributed by atoms with E-state index in [4.69, 9.17) is 23.2 Å². The summed E-state index contributed by atoms with van der Waals surface area (Å²) in [5, 5.41) is 1.03. The molecule has 3 heteroatoms. The number of hydrogen-bond acceptors (Lipinski definition) is 1. The van der Waals surface area contributed by atoms with Gasteiger partial charge in [-0.15, -0.1) is 0 Å². The highest BCUT2D eigenvalue weighted by atomic mass is 35.5. The van der Waals surface area contributed by atoms with E-state index in [1.807, 2.05) is 13.0 Å². The Labute approximate surface area is 119 Å². The fourth-order valence-electron chi connectivity index (χ4n) is 1.61. The van der Waals surface area contributed by atoms with E-state index >= 15 is 0 Å². The molecule has 1 aromatic rings. The van der Waals surface area contributed by atoms with Gasteiger partial charge in [0.05, 0.1) is 10.0 Å². The molecular formula is C15H18Cl2O. The minimum absolute atomic E-state index is 0.0870. The molecule has 0 spiro atoms. The molecule has 0 aromatic heterocycles. The van der Waals surface area contributed by atoms with Crippen molar-refractivity contribution >= 4 is 35.1 Å². The number of hydrogen-bond donors (Lipinski definition) is 0. The Morgan fingerprint density at radius 3 is 2.67 bits per heavy atom. The second kappa shape index (κ2) is 7.60. The maximum absolute atomic E-state index is 11.8. The predicted octanol–water partition coefficient (Wildman–Crippen LogP) is 5.40. The van der Waals surface area contributed by atoms with Crippen LogP contribution in [0.15, 0.2) is 24.3 Å². The van der Waals surface area contributed by atoms with Gasteiger partial charge in [-0.1, -0.05) is 62.0 Å². The third-order valence-corrected chi connectivity index (χ3v) is 3.60. The fourth-order valence-corrected chi connectivity index (χ4v) is 1.92. The second-order valence-corrected chi connectivity index (χ2v) is 5.27. The average Bonchev–Trinajstić information content (AvgIpc) is 2.36. The molecular weight excluding hydrogens is 267 g/mol. The van der Waals surface area contributed by atoms with Crippen molar-refractivity contribution in [1.82, 2.24) is 0 Å². The number of unbranched alkanes of at least 4 members (excludes halogenated alkanes) is 1. The van der Waals surface area contributed by atoms with Crippen LogP contribution in [0.1, 0.15) is 38.7 Å². The van der Waals surface area contributed by atoms with E-state index in [0.717, 1.165) is 24.8 Å². The normalized spacial score (nSPS) is 12.9. The standard InChI is InChI=1S/C15H18Cl2O/c1-3-4-5-11(2)15(18)9-7-12-6-8-13(16)14(17)10-12/h6-11H,3-5H2,1-2H3/b9-7+. The highest BCUT2D eigenvalue weighted by Gasteiger charge is 2.08. The molecule has 98 valence electrons. The molecule has 1 nitrogen and oxygen atoms in total. The lowest BCUT2D eigenvalue weighted by Crippen LogP contribution is -2.07. The summed E-state index contributed by atoms with van der Waals surface area (Å²) >= 11 is 11.7. The zero-order valence-corrected chi connectivity index (χ0v) is 12.3. The van der Waals surface area contributed by atoms with Gasteiger partial charge in [0.25, 0.3) is 0 Å². The van der Waals surface area contributed by atoms with Crippen LogP contribution in [0.4, 0.5) is 0 Å². The van der Waals surface area contributed by atoms with Gasteiger partial charge in [0.1, 0.15) is 0 Å². The zero-order chi connectivity index (χ0) is 13.5. The second-order valence-electron chi connectivity index (χ2n) is 4.45. The Kier molecular flexibility index (Phi) is 6.45. The number of benzene rings is 1. The third kappa shape index (κ3) is 4.83. The zero-order valence-electron chi connectivity index (χ0n) is 10.7. The van der Waals surface area contributed by atoms with Crippen LogP contribution < -0.4 is 0 Å². The van der Waals surface area contributed by atoms with Crippen molar-refractivity contribution in [3.05, 3.63) is 39.9 Å². The molecule has 0 saturated carbocycles. The van der Waals surface area contributed by atoms with Gasteiger partial charge >= 0.3 is 0 Å². The van der Waals surface area contributed by atoms with Crippen molar-refractivity contribution < 1.29 is 4.79 Å². The van der Waals surface area contributed by atoms with E-state index in [1.54, 1.807) is 24.3 Å². The molecule has 0 fully saturated rings. The first kappa shape index (κ1) is 15.3. The molecule has 1 atom stereocenters.